The van der Waals surface area contributed by atoms with Gasteiger partial charge in [0.1, 0.15) is 23.0 Å². The third kappa shape index (κ3) is 4.13. The van der Waals surface area contributed by atoms with E-state index in [-0.39, 0.29) is 18.2 Å². The van der Waals surface area contributed by atoms with Crippen molar-refractivity contribution in [2.45, 2.75) is 25.4 Å². The predicted octanol–water partition coefficient (Wildman–Crippen LogP) is 6.48. The first-order chi connectivity index (χ1) is 20.6. The van der Waals surface area contributed by atoms with Crippen LogP contribution in [0.3, 0.4) is 0 Å². The molecule has 0 bridgehead atoms. The summed E-state index contributed by atoms with van der Waals surface area (Å²) in [7, 11) is 0. The van der Waals surface area contributed by atoms with E-state index in [2.05, 4.69) is 16.5 Å². The lowest BCUT2D eigenvalue weighted by atomic mass is 10.0. The molecule has 9 heteroatoms. The SMILES string of the molecule is O=C(NC[C@H]1CN(c2ccc3c(c2)CCCc2c-3n[nH]c2-c2cc3ccccc3o2)C(=O)O1)c1cc2ccccc2o1. The fraction of sp³-hybridized carbons (Fsp3) is 0.182. The number of aryl methyl sites for hydroxylation is 1. The van der Waals surface area contributed by atoms with Crippen LogP contribution in [0.25, 0.3) is 44.7 Å². The van der Waals surface area contributed by atoms with Crippen LogP contribution in [0.4, 0.5) is 10.5 Å². The number of cyclic esters (lactones) is 1. The maximum atomic E-state index is 12.8. The minimum absolute atomic E-state index is 0.185. The first-order valence-electron chi connectivity index (χ1n) is 14.0. The molecule has 6 aromatic rings. The summed E-state index contributed by atoms with van der Waals surface area (Å²) >= 11 is 0. The Labute approximate surface area is 240 Å². The molecule has 2 amide bonds. The number of aromatic nitrogens is 2. The molecule has 0 radical (unpaired) electrons. The van der Waals surface area contributed by atoms with Crippen molar-refractivity contribution in [3.63, 3.8) is 0 Å². The van der Waals surface area contributed by atoms with E-state index in [1.165, 1.54) is 0 Å². The van der Waals surface area contributed by atoms with Crippen LogP contribution in [0.1, 0.15) is 28.1 Å². The Morgan fingerprint density at radius 3 is 2.55 bits per heavy atom. The quantitative estimate of drug-likeness (QED) is 0.250. The van der Waals surface area contributed by atoms with Gasteiger partial charge < -0.3 is 18.9 Å². The third-order valence-corrected chi connectivity index (χ3v) is 8.08. The van der Waals surface area contributed by atoms with Gasteiger partial charge in [0, 0.05) is 27.6 Å². The van der Waals surface area contributed by atoms with Gasteiger partial charge in [-0.1, -0.05) is 42.5 Å². The van der Waals surface area contributed by atoms with Crippen molar-refractivity contribution in [1.29, 1.82) is 0 Å². The standard InChI is InChI=1S/C33H26N4O5/c38-32(29-16-21-7-2-4-11-27(21)42-29)34-17-23-18-37(33(39)40-23)22-12-13-24-19(14-22)8-5-9-25-30(24)35-36-31(25)28-15-20-6-1-3-10-26(20)41-28/h1-4,6-7,10-16,23H,5,8-9,17-18H2,(H,34,38)(H,35,36)/t23-/m0/s1. The summed E-state index contributed by atoms with van der Waals surface area (Å²) in [5.74, 6) is 0.662. The van der Waals surface area contributed by atoms with Crippen LogP contribution in [0.15, 0.2) is 87.7 Å². The second kappa shape index (κ2) is 9.66. The molecule has 1 aliphatic carbocycles. The van der Waals surface area contributed by atoms with Crippen molar-refractivity contribution < 1.29 is 23.2 Å². The summed E-state index contributed by atoms with van der Waals surface area (Å²) in [5, 5.41) is 12.7. The summed E-state index contributed by atoms with van der Waals surface area (Å²) in [4.78, 5) is 27.1. The lowest BCUT2D eigenvalue weighted by molar-refractivity contribution is 0.0891. The van der Waals surface area contributed by atoms with Crippen LogP contribution in [-0.4, -0.2) is 41.4 Å². The molecule has 1 atom stereocenters. The first-order valence-corrected chi connectivity index (χ1v) is 14.0. The van der Waals surface area contributed by atoms with Gasteiger partial charge in [-0.25, -0.2) is 4.79 Å². The molecule has 4 heterocycles. The normalized spacial score (nSPS) is 16.3. The number of carbonyl (C=O) groups is 2. The molecular formula is C33H26N4O5. The molecule has 1 aliphatic heterocycles. The fourth-order valence-corrected chi connectivity index (χ4v) is 6.01. The summed E-state index contributed by atoms with van der Waals surface area (Å²) in [6.07, 6.45) is 1.75. The highest BCUT2D eigenvalue weighted by Gasteiger charge is 2.33. The van der Waals surface area contributed by atoms with Crippen molar-refractivity contribution in [2.75, 3.05) is 18.0 Å². The van der Waals surface area contributed by atoms with Crippen LogP contribution in [-0.2, 0) is 17.6 Å². The third-order valence-electron chi connectivity index (χ3n) is 8.08. The number of H-pyrrole nitrogens is 1. The minimum Gasteiger partial charge on any atom is -0.454 e. The maximum Gasteiger partial charge on any atom is 0.414 e. The number of nitrogens with zero attached hydrogens (tertiary/aromatic N) is 2. The zero-order valence-electron chi connectivity index (χ0n) is 22.6. The number of carbonyl (C=O) groups excluding carboxylic acids is 2. The zero-order chi connectivity index (χ0) is 28.2. The number of benzene rings is 3. The van der Waals surface area contributed by atoms with Crippen molar-refractivity contribution >= 4 is 39.6 Å². The average molecular weight is 559 g/mol. The van der Waals surface area contributed by atoms with Gasteiger partial charge >= 0.3 is 6.09 Å². The molecule has 2 N–H and O–H groups in total. The molecule has 42 heavy (non-hydrogen) atoms. The molecule has 8 rings (SSSR count). The van der Waals surface area contributed by atoms with E-state index >= 15 is 0 Å². The monoisotopic (exact) mass is 558 g/mol. The fourth-order valence-electron chi connectivity index (χ4n) is 6.01. The van der Waals surface area contributed by atoms with Crippen molar-refractivity contribution in [3.8, 4) is 22.7 Å². The molecule has 0 unspecified atom stereocenters. The number of hydrogen-bond donors (Lipinski definition) is 2. The number of anilines is 1. The number of para-hydroxylation sites is 2. The van der Waals surface area contributed by atoms with E-state index in [0.29, 0.717) is 12.1 Å². The molecule has 9 nitrogen and oxygen atoms in total. The number of rotatable bonds is 5. The predicted molar refractivity (Wildman–Crippen MR) is 157 cm³/mol. The molecule has 3 aromatic heterocycles. The second-order valence-corrected chi connectivity index (χ2v) is 10.7. The highest BCUT2D eigenvalue weighted by Crippen LogP contribution is 2.39. The average Bonchev–Trinajstić information content (AvgIpc) is 3.78. The molecule has 1 saturated heterocycles. The number of furan rings is 2. The van der Waals surface area contributed by atoms with E-state index in [4.69, 9.17) is 18.7 Å². The number of fused-ring (bicyclic) bond motifs is 5. The lowest BCUT2D eigenvalue weighted by Crippen LogP contribution is -2.34. The molecule has 0 spiro atoms. The van der Waals surface area contributed by atoms with E-state index in [9.17, 15) is 9.59 Å². The van der Waals surface area contributed by atoms with E-state index in [0.717, 1.165) is 75.1 Å². The van der Waals surface area contributed by atoms with Crippen molar-refractivity contribution in [2.24, 2.45) is 0 Å². The highest BCUT2D eigenvalue weighted by atomic mass is 16.6. The Bertz CT molecular complexity index is 1930. The Morgan fingerprint density at radius 1 is 0.952 bits per heavy atom. The van der Waals surface area contributed by atoms with E-state index in [1.54, 1.807) is 11.0 Å². The van der Waals surface area contributed by atoms with Crippen molar-refractivity contribution in [1.82, 2.24) is 15.5 Å². The molecule has 3 aromatic carbocycles. The second-order valence-electron chi connectivity index (χ2n) is 10.7. The minimum atomic E-state index is -0.478. The first kappa shape index (κ1) is 24.5. The number of hydrogen-bond acceptors (Lipinski definition) is 6. The van der Waals surface area contributed by atoms with Gasteiger partial charge in [0.2, 0.25) is 0 Å². The Balaban J connectivity index is 0.995. The number of aromatic amines is 1. The summed E-state index contributed by atoms with van der Waals surface area (Å²) in [6.45, 7) is 0.520. The lowest BCUT2D eigenvalue weighted by Gasteiger charge is -2.16. The van der Waals surface area contributed by atoms with Gasteiger partial charge in [0.05, 0.1) is 18.8 Å². The number of amides is 2. The van der Waals surface area contributed by atoms with Gasteiger partial charge in [-0.05, 0) is 61.2 Å². The largest absolute Gasteiger partial charge is 0.454 e. The van der Waals surface area contributed by atoms with Gasteiger partial charge in [0.25, 0.3) is 5.91 Å². The number of nitrogens with one attached hydrogen (secondary N) is 2. The smallest absolute Gasteiger partial charge is 0.414 e. The summed E-state index contributed by atoms with van der Waals surface area (Å²) < 4.78 is 17.4. The molecule has 208 valence electrons. The van der Waals surface area contributed by atoms with Gasteiger partial charge in [-0.2, -0.15) is 5.10 Å². The van der Waals surface area contributed by atoms with Crippen LogP contribution < -0.4 is 10.2 Å². The van der Waals surface area contributed by atoms with Crippen LogP contribution >= 0.6 is 0 Å². The van der Waals surface area contributed by atoms with E-state index < -0.39 is 12.2 Å². The maximum absolute atomic E-state index is 12.8. The Kier molecular flexibility index (Phi) is 5.63. The molecule has 1 fully saturated rings. The molecular weight excluding hydrogens is 532 g/mol. The summed E-state index contributed by atoms with van der Waals surface area (Å²) in [6, 6.07) is 25.2. The van der Waals surface area contributed by atoms with Crippen molar-refractivity contribution in [3.05, 3.63) is 95.7 Å². The Morgan fingerprint density at radius 2 is 1.74 bits per heavy atom. The highest BCUT2D eigenvalue weighted by molar-refractivity contribution is 5.96. The van der Waals surface area contributed by atoms with Crippen LogP contribution in [0, 0.1) is 0 Å². The van der Waals surface area contributed by atoms with E-state index in [1.807, 2.05) is 66.7 Å². The van der Waals surface area contributed by atoms with Gasteiger partial charge in [-0.15, -0.1) is 0 Å². The number of ether oxygens (including phenoxy) is 1. The Hall–Kier alpha value is -5.31. The molecule has 2 aliphatic rings. The summed E-state index contributed by atoms with van der Waals surface area (Å²) in [5.41, 5.74) is 7.41. The topological polar surface area (TPSA) is 114 Å². The van der Waals surface area contributed by atoms with Gasteiger partial charge in [-0.3, -0.25) is 14.8 Å². The van der Waals surface area contributed by atoms with Gasteiger partial charge in [0.15, 0.2) is 11.5 Å². The van der Waals surface area contributed by atoms with Crippen LogP contribution in [0.2, 0.25) is 0 Å². The zero-order valence-corrected chi connectivity index (χ0v) is 22.6. The molecule has 0 saturated carbocycles. The van der Waals surface area contributed by atoms with Crippen LogP contribution in [0.5, 0.6) is 0 Å².